The van der Waals surface area contributed by atoms with Crippen molar-refractivity contribution in [1.82, 2.24) is 0 Å². The van der Waals surface area contributed by atoms with Crippen LogP contribution in [0.2, 0.25) is 5.04 Å². The number of unbranched alkanes of at least 4 members (excludes halogenated alkanes) is 2. The molecule has 0 aromatic carbocycles. The monoisotopic (exact) mass is 464 g/mol. The van der Waals surface area contributed by atoms with Crippen LogP contribution in [0.3, 0.4) is 0 Å². The van der Waals surface area contributed by atoms with E-state index in [-0.39, 0.29) is 33.8 Å². The summed E-state index contributed by atoms with van der Waals surface area (Å²) in [6.45, 7) is 9.45. The molecule has 0 aromatic heterocycles. The van der Waals surface area contributed by atoms with Crippen LogP contribution in [-0.4, -0.2) is 74.2 Å². The minimum Gasteiger partial charge on any atom is -0.481 e. The molecule has 0 bridgehead atoms. The number of rotatable bonds is 16. The number of carbonyl (C=O) groups is 2. The van der Waals surface area contributed by atoms with E-state index in [1.54, 1.807) is 5.04 Å². The minimum atomic E-state index is -4.84. The van der Waals surface area contributed by atoms with Crippen molar-refractivity contribution in [2.45, 2.75) is 95.8 Å². The summed E-state index contributed by atoms with van der Waals surface area (Å²) in [6.07, 6.45) is 10.5. The maximum Gasteiger partial charge on any atom is 0.325 e. The van der Waals surface area contributed by atoms with Crippen LogP contribution in [0, 0.1) is 11.8 Å². The minimum absolute atomic E-state index is 0.195. The molecule has 0 heterocycles. The first-order chi connectivity index (χ1) is 13.5. The van der Waals surface area contributed by atoms with Crippen molar-refractivity contribution < 1.29 is 32.8 Å². The summed E-state index contributed by atoms with van der Waals surface area (Å²) in [5.74, 6) is -1.31. The van der Waals surface area contributed by atoms with Gasteiger partial charge in [0.25, 0.3) is 10.1 Å². The second-order valence-electron chi connectivity index (χ2n) is 7.70. The summed E-state index contributed by atoms with van der Waals surface area (Å²) in [7, 11) is -4.84. The van der Waals surface area contributed by atoms with E-state index >= 15 is 0 Å². The van der Waals surface area contributed by atoms with Gasteiger partial charge in [0.2, 0.25) is 0 Å². The van der Waals surface area contributed by atoms with Gasteiger partial charge in [-0.25, -0.2) is 0 Å². The number of aliphatic carboxylic acids is 2. The van der Waals surface area contributed by atoms with Gasteiger partial charge in [0.05, 0.1) is 6.42 Å². The molecule has 0 aliphatic carbocycles. The van der Waals surface area contributed by atoms with Crippen molar-refractivity contribution in [3.05, 3.63) is 0 Å². The van der Waals surface area contributed by atoms with Crippen LogP contribution in [0.5, 0.6) is 0 Å². The Balaban J connectivity index is 0. The van der Waals surface area contributed by atoms with E-state index < -0.39 is 33.7 Å². The smallest absolute Gasteiger partial charge is 0.325 e. The van der Waals surface area contributed by atoms with Gasteiger partial charge >= 0.3 is 142 Å². The second kappa shape index (κ2) is 18.8. The molecule has 0 radical (unpaired) electrons. The van der Waals surface area contributed by atoms with Gasteiger partial charge in [-0.15, -0.1) is 0 Å². The van der Waals surface area contributed by atoms with Crippen LogP contribution in [0.4, 0.5) is 0 Å². The molecule has 29 heavy (non-hydrogen) atoms. The molecule has 3 N–H and O–H groups in total. The van der Waals surface area contributed by atoms with Crippen molar-refractivity contribution in [3.63, 3.8) is 0 Å². The molecule has 0 saturated heterocycles. The predicted molar refractivity (Wildman–Crippen MR) is 117 cm³/mol. The zero-order valence-corrected chi connectivity index (χ0v) is 21.6. The van der Waals surface area contributed by atoms with Crippen molar-refractivity contribution in [3.8, 4) is 0 Å². The first kappa shape index (κ1) is 31.3. The van der Waals surface area contributed by atoms with Gasteiger partial charge in [-0.2, -0.15) is 8.42 Å². The summed E-state index contributed by atoms with van der Waals surface area (Å²) in [6, 6.07) is 0. The Kier molecular flexibility index (Phi) is 20.3. The van der Waals surface area contributed by atoms with Gasteiger partial charge in [-0.1, -0.05) is 0 Å². The number of carboxylic acids is 2. The molecule has 170 valence electrons. The van der Waals surface area contributed by atoms with Crippen LogP contribution in [-0.2, 0) is 19.7 Å². The molecule has 0 spiro atoms. The summed E-state index contributed by atoms with van der Waals surface area (Å²) >= 11 is -0.195. The van der Waals surface area contributed by atoms with Crippen LogP contribution in [0.25, 0.3) is 0 Å². The number of hydrogen-bond acceptors (Lipinski definition) is 4. The number of hydrogen-bond donors (Lipinski definition) is 3. The van der Waals surface area contributed by atoms with Crippen LogP contribution in [0.1, 0.15) is 85.5 Å². The Labute approximate surface area is 195 Å². The fraction of sp³-hybridized carbons (Fsp3) is 0.900. The largest absolute Gasteiger partial charge is 0.481 e. The fourth-order valence-electron chi connectivity index (χ4n) is 3.26. The van der Waals surface area contributed by atoms with Crippen LogP contribution >= 0.6 is 0 Å². The molecule has 3 atom stereocenters. The van der Waals surface area contributed by atoms with E-state index in [0.29, 0.717) is 0 Å². The number of carboxylic acid groups (broad SMARTS) is 2. The maximum absolute atomic E-state index is 10.2. The Morgan fingerprint density at radius 3 is 1.48 bits per heavy atom. The zero-order valence-electron chi connectivity index (χ0n) is 18.6. The van der Waals surface area contributed by atoms with Gasteiger partial charge < -0.3 is 10.2 Å². The molecule has 3 unspecified atom stereocenters. The third-order valence-corrected chi connectivity index (χ3v) is 10.2. The van der Waals surface area contributed by atoms with E-state index in [4.69, 9.17) is 14.8 Å². The first-order valence-electron chi connectivity index (χ1n) is 10.9. The predicted octanol–water partition coefficient (Wildman–Crippen LogP) is 4.76. The molecular formula is C20H40CaO7S. The first-order valence-corrected chi connectivity index (χ1v) is 15.6. The third kappa shape index (κ3) is 18.6. The van der Waals surface area contributed by atoms with Gasteiger partial charge in [-0.3, -0.25) is 14.1 Å². The van der Waals surface area contributed by atoms with Crippen molar-refractivity contribution in [1.29, 1.82) is 0 Å². The summed E-state index contributed by atoms with van der Waals surface area (Å²) in [5, 5.41) is 13.9. The second-order valence-corrected chi connectivity index (χ2v) is 12.2. The Morgan fingerprint density at radius 1 is 0.862 bits per heavy atom. The molecule has 0 rings (SSSR count). The summed E-state index contributed by atoms with van der Waals surface area (Å²) in [4.78, 5) is 20.0. The van der Waals surface area contributed by atoms with Crippen molar-refractivity contribution in [2.75, 3.05) is 0 Å². The maximum atomic E-state index is 10.2. The molecule has 7 nitrogen and oxygen atoms in total. The SMILES string of the molecule is CCCCC(CC)[CH2][Ca][CH2]C(CC)CCCC.O=C(O)CC(C(=O)O)S(=O)(=O)O. The van der Waals surface area contributed by atoms with E-state index in [1.165, 1.54) is 51.4 Å². The molecule has 0 aliphatic rings. The van der Waals surface area contributed by atoms with E-state index in [0.717, 1.165) is 11.8 Å². The molecule has 0 amide bonds. The van der Waals surface area contributed by atoms with Crippen molar-refractivity contribution >= 4 is 55.9 Å². The summed E-state index contributed by atoms with van der Waals surface area (Å²) in [5.41, 5.74) is 0. The fourth-order valence-corrected chi connectivity index (χ4v) is 8.22. The van der Waals surface area contributed by atoms with Crippen molar-refractivity contribution in [2.24, 2.45) is 11.8 Å². The standard InChI is InChI=1S/2C8H17.C4H6O7S.Ca/c2*1-4-6-7-8(3)5-2;5-3(6)1-2(4(7)8)12(9,10)11;/h2*8H,3-7H2,1-2H3;2H,1H2,(H,5,6)(H,7,8)(H,9,10,11);. The normalized spacial score (nSPS) is 14.1. The average Bonchev–Trinajstić information content (AvgIpc) is 2.64. The van der Waals surface area contributed by atoms with E-state index in [2.05, 4.69) is 27.7 Å². The zero-order chi connectivity index (χ0) is 22.9. The molecule has 0 aliphatic heterocycles. The summed E-state index contributed by atoms with van der Waals surface area (Å²) < 4.78 is 32.0. The van der Waals surface area contributed by atoms with Gasteiger partial charge in [0.1, 0.15) is 0 Å². The van der Waals surface area contributed by atoms with E-state index in [9.17, 15) is 18.0 Å². The molecule has 0 fully saturated rings. The Bertz CT molecular complexity index is 521. The molecule has 0 saturated carbocycles. The van der Waals surface area contributed by atoms with Gasteiger partial charge in [0, 0.05) is 0 Å². The topological polar surface area (TPSA) is 129 Å². The Morgan fingerprint density at radius 2 is 1.28 bits per heavy atom. The van der Waals surface area contributed by atoms with Gasteiger partial charge in [-0.05, 0) is 0 Å². The molecule has 9 heteroatoms. The van der Waals surface area contributed by atoms with Gasteiger partial charge in [0.15, 0.2) is 5.25 Å². The van der Waals surface area contributed by atoms with E-state index in [1.807, 2.05) is 0 Å². The third-order valence-electron chi connectivity index (χ3n) is 5.31. The molecular weight excluding hydrogens is 424 g/mol. The average molecular weight is 465 g/mol. The molecule has 0 aromatic rings. The Hall–Kier alpha value is 0.110. The quantitative estimate of drug-likeness (QED) is 0.222. The van der Waals surface area contributed by atoms with Crippen LogP contribution in [0.15, 0.2) is 0 Å². The van der Waals surface area contributed by atoms with Crippen LogP contribution < -0.4 is 0 Å².